The minimum absolute atomic E-state index is 0.0687. The summed E-state index contributed by atoms with van der Waals surface area (Å²) in [4.78, 5) is 0. The maximum atomic E-state index is 8.79. The van der Waals surface area contributed by atoms with Crippen LogP contribution >= 0.6 is 0 Å². The van der Waals surface area contributed by atoms with Crippen molar-refractivity contribution in [2.75, 3.05) is 18.5 Å². The quantitative estimate of drug-likeness (QED) is 0.729. The molecule has 0 atom stereocenters. The summed E-state index contributed by atoms with van der Waals surface area (Å²) in [7, 11) is 0. The fraction of sp³-hybridized carbons (Fsp3) is 0.300. The largest absolute Gasteiger partial charge is 0.395 e. The molecule has 0 heterocycles. The number of hydrogen-bond donors (Lipinski definition) is 2. The third kappa shape index (κ3) is 2.20. The Kier molecular flexibility index (Phi) is 3.30. The van der Waals surface area contributed by atoms with Crippen LogP contribution < -0.4 is 5.32 Å². The Morgan fingerprint density at radius 1 is 1.54 bits per heavy atom. The Bertz CT molecular complexity index is 328. The number of nitrogens with zero attached hydrogens (tertiary/aromatic N) is 1. The molecular weight excluding hydrogens is 164 g/mol. The first kappa shape index (κ1) is 9.56. The van der Waals surface area contributed by atoms with Crippen molar-refractivity contribution in [3.8, 4) is 6.07 Å². The molecule has 2 N–H and O–H groups in total. The van der Waals surface area contributed by atoms with Crippen LogP contribution in [0.4, 0.5) is 5.69 Å². The highest BCUT2D eigenvalue weighted by Gasteiger charge is 2.02. The molecule has 0 amide bonds. The zero-order valence-electron chi connectivity index (χ0n) is 7.54. The molecule has 1 aromatic carbocycles. The smallest absolute Gasteiger partial charge is 0.101 e. The van der Waals surface area contributed by atoms with E-state index in [1.54, 1.807) is 6.07 Å². The van der Waals surface area contributed by atoms with Crippen molar-refractivity contribution in [3.05, 3.63) is 29.3 Å². The molecule has 0 aliphatic carbocycles. The topological polar surface area (TPSA) is 56.0 Å². The molecule has 68 valence electrons. The maximum Gasteiger partial charge on any atom is 0.101 e. The highest BCUT2D eigenvalue weighted by Crippen LogP contribution is 2.18. The lowest BCUT2D eigenvalue weighted by molar-refractivity contribution is 0.311. The van der Waals surface area contributed by atoms with E-state index in [1.165, 1.54) is 0 Å². The average Bonchev–Trinajstić information content (AvgIpc) is 2.15. The number of para-hydroxylation sites is 1. The molecule has 13 heavy (non-hydrogen) atoms. The van der Waals surface area contributed by atoms with Crippen molar-refractivity contribution in [2.45, 2.75) is 6.92 Å². The van der Waals surface area contributed by atoms with Crippen LogP contribution in [0.2, 0.25) is 0 Å². The van der Waals surface area contributed by atoms with Gasteiger partial charge < -0.3 is 10.4 Å². The van der Waals surface area contributed by atoms with Crippen LogP contribution in [0.3, 0.4) is 0 Å². The number of nitrogens with one attached hydrogen (secondary N) is 1. The normalized spacial score (nSPS) is 9.31. The molecule has 0 saturated heterocycles. The minimum Gasteiger partial charge on any atom is -0.395 e. The van der Waals surface area contributed by atoms with E-state index in [0.29, 0.717) is 12.1 Å². The Balaban J connectivity index is 2.95. The van der Waals surface area contributed by atoms with Gasteiger partial charge in [-0.05, 0) is 18.6 Å². The standard InChI is InChI=1S/C10H12N2O/c1-8-3-2-4-9(7-11)10(8)12-5-6-13/h2-4,12-13H,5-6H2,1H3. The van der Waals surface area contributed by atoms with Crippen molar-refractivity contribution < 1.29 is 5.11 Å². The summed E-state index contributed by atoms with van der Waals surface area (Å²) in [5.74, 6) is 0. The lowest BCUT2D eigenvalue weighted by atomic mass is 10.1. The molecule has 0 aliphatic rings. The van der Waals surface area contributed by atoms with Gasteiger partial charge in [0.2, 0.25) is 0 Å². The molecule has 0 fully saturated rings. The maximum absolute atomic E-state index is 8.79. The van der Waals surface area contributed by atoms with Gasteiger partial charge in [-0.1, -0.05) is 12.1 Å². The summed E-state index contributed by atoms with van der Waals surface area (Å²) in [5.41, 5.74) is 2.46. The Morgan fingerprint density at radius 3 is 2.92 bits per heavy atom. The van der Waals surface area contributed by atoms with Crippen molar-refractivity contribution in [1.82, 2.24) is 0 Å². The molecule has 0 aliphatic heterocycles. The van der Waals surface area contributed by atoms with Crippen LogP contribution in [-0.2, 0) is 0 Å². The van der Waals surface area contributed by atoms with Crippen molar-refractivity contribution >= 4 is 5.69 Å². The first-order valence-corrected chi connectivity index (χ1v) is 4.14. The molecule has 0 spiro atoms. The number of aliphatic hydroxyl groups excluding tert-OH is 1. The molecule has 0 unspecified atom stereocenters. The summed E-state index contributed by atoms with van der Waals surface area (Å²) in [6.45, 7) is 2.47. The van der Waals surface area contributed by atoms with Crippen LogP contribution in [-0.4, -0.2) is 18.3 Å². The number of aliphatic hydroxyl groups is 1. The van der Waals surface area contributed by atoms with Gasteiger partial charge in [-0.15, -0.1) is 0 Å². The molecule has 0 bridgehead atoms. The summed E-state index contributed by atoms with van der Waals surface area (Å²) >= 11 is 0. The number of nitriles is 1. The van der Waals surface area contributed by atoms with Crippen molar-refractivity contribution in [3.63, 3.8) is 0 Å². The van der Waals surface area contributed by atoms with E-state index >= 15 is 0 Å². The summed E-state index contributed by atoms with van der Waals surface area (Å²) in [6, 6.07) is 7.63. The van der Waals surface area contributed by atoms with Gasteiger partial charge in [-0.2, -0.15) is 5.26 Å². The first-order valence-electron chi connectivity index (χ1n) is 4.14. The Labute approximate surface area is 77.6 Å². The predicted molar refractivity (Wildman–Crippen MR) is 51.5 cm³/mol. The molecule has 3 heteroatoms. The molecule has 0 saturated carbocycles. The fourth-order valence-electron chi connectivity index (χ4n) is 1.18. The zero-order valence-corrected chi connectivity index (χ0v) is 7.54. The van der Waals surface area contributed by atoms with Gasteiger partial charge in [0.25, 0.3) is 0 Å². The van der Waals surface area contributed by atoms with Gasteiger partial charge in [0, 0.05) is 6.54 Å². The second kappa shape index (κ2) is 4.48. The van der Waals surface area contributed by atoms with Gasteiger partial charge in [0.05, 0.1) is 17.9 Å². The molecule has 1 aromatic rings. The molecule has 0 radical (unpaired) electrons. The van der Waals surface area contributed by atoms with Crippen LogP contribution in [0.15, 0.2) is 18.2 Å². The molecule has 1 rings (SSSR count). The highest BCUT2D eigenvalue weighted by molar-refractivity contribution is 5.62. The van der Waals surface area contributed by atoms with Gasteiger partial charge in [-0.3, -0.25) is 0 Å². The predicted octanol–water partition coefficient (Wildman–Crippen LogP) is 1.27. The Hall–Kier alpha value is -1.53. The fourth-order valence-corrected chi connectivity index (χ4v) is 1.18. The second-order valence-electron chi connectivity index (χ2n) is 2.76. The van der Waals surface area contributed by atoms with E-state index in [9.17, 15) is 0 Å². The monoisotopic (exact) mass is 176 g/mol. The average molecular weight is 176 g/mol. The molecular formula is C10H12N2O. The molecule has 3 nitrogen and oxygen atoms in total. The van der Waals surface area contributed by atoms with Crippen molar-refractivity contribution in [2.24, 2.45) is 0 Å². The van der Waals surface area contributed by atoms with E-state index in [0.717, 1.165) is 11.3 Å². The lowest BCUT2D eigenvalue weighted by Gasteiger charge is -2.09. The highest BCUT2D eigenvalue weighted by atomic mass is 16.3. The number of benzene rings is 1. The molecule has 0 aromatic heterocycles. The van der Waals surface area contributed by atoms with E-state index in [1.807, 2.05) is 19.1 Å². The van der Waals surface area contributed by atoms with E-state index in [2.05, 4.69) is 11.4 Å². The van der Waals surface area contributed by atoms with E-state index in [-0.39, 0.29) is 6.61 Å². The van der Waals surface area contributed by atoms with Gasteiger partial charge in [0.15, 0.2) is 0 Å². The van der Waals surface area contributed by atoms with Gasteiger partial charge >= 0.3 is 0 Å². The summed E-state index contributed by atoms with van der Waals surface area (Å²) < 4.78 is 0. The summed E-state index contributed by atoms with van der Waals surface area (Å²) in [5, 5.41) is 20.4. The number of aryl methyl sites for hydroxylation is 1. The zero-order chi connectivity index (χ0) is 9.68. The third-order valence-electron chi connectivity index (χ3n) is 1.81. The van der Waals surface area contributed by atoms with E-state index in [4.69, 9.17) is 10.4 Å². The first-order chi connectivity index (χ1) is 6.29. The summed E-state index contributed by atoms with van der Waals surface area (Å²) in [6.07, 6.45) is 0. The van der Waals surface area contributed by atoms with Gasteiger partial charge in [-0.25, -0.2) is 0 Å². The number of hydrogen-bond acceptors (Lipinski definition) is 3. The number of rotatable bonds is 3. The van der Waals surface area contributed by atoms with Crippen molar-refractivity contribution in [1.29, 1.82) is 5.26 Å². The second-order valence-corrected chi connectivity index (χ2v) is 2.76. The SMILES string of the molecule is Cc1cccc(C#N)c1NCCO. The Morgan fingerprint density at radius 2 is 2.31 bits per heavy atom. The number of anilines is 1. The van der Waals surface area contributed by atoms with Crippen LogP contribution in [0.25, 0.3) is 0 Å². The minimum atomic E-state index is 0.0687. The van der Waals surface area contributed by atoms with Gasteiger partial charge in [0.1, 0.15) is 6.07 Å². The lowest BCUT2D eigenvalue weighted by Crippen LogP contribution is -2.08. The van der Waals surface area contributed by atoms with Crippen LogP contribution in [0, 0.1) is 18.3 Å². The van der Waals surface area contributed by atoms with Crippen LogP contribution in [0.1, 0.15) is 11.1 Å². The van der Waals surface area contributed by atoms with E-state index < -0.39 is 0 Å². The third-order valence-corrected chi connectivity index (χ3v) is 1.81. The van der Waals surface area contributed by atoms with Crippen LogP contribution in [0.5, 0.6) is 0 Å².